The number of hydrogen-bond acceptors (Lipinski definition) is 3. The van der Waals surface area contributed by atoms with Crippen LogP contribution in [0.15, 0.2) is 48.5 Å². The Morgan fingerprint density at radius 1 is 1.13 bits per heavy atom. The first-order valence-corrected chi connectivity index (χ1v) is 7.67. The number of nitrogens with two attached hydrogens (primary N) is 1. The van der Waals surface area contributed by atoms with Crippen LogP contribution in [-0.4, -0.2) is 18.1 Å². The minimum Gasteiger partial charge on any atom is -0.461 e. The molecule has 0 saturated heterocycles. The van der Waals surface area contributed by atoms with E-state index in [1.807, 2.05) is 44.2 Å². The summed E-state index contributed by atoms with van der Waals surface area (Å²) in [5, 5.41) is 0. The van der Waals surface area contributed by atoms with Crippen molar-refractivity contribution < 1.29 is 13.9 Å². The maximum Gasteiger partial charge on any atom is 0.322 e. The Kier molecular flexibility index (Phi) is 5.50. The summed E-state index contributed by atoms with van der Waals surface area (Å²) in [7, 11) is 0. The fraction of sp³-hybridized carbons (Fsp3) is 0.316. The van der Waals surface area contributed by atoms with Crippen LogP contribution >= 0.6 is 0 Å². The third-order valence-electron chi connectivity index (χ3n) is 3.87. The molecule has 0 bridgehead atoms. The molecule has 0 saturated carbocycles. The highest BCUT2D eigenvalue weighted by Crippen LogP contribution is 2.32. The molecule has 0 aliphatic carbocycles. The number of rotatable bonds is 5. The molecule has 2 aromatic rings. The van der Waals surface area contributed by atoms with Gasteiger partial charge in [0.25, 0.3) is 0 Å². The van der Waals surface area contributed by atoms with Gasteiger partial charge in [0.2, 0.25) is 0 Å². The van der Waals surface area contributed by atoms with E-state index in [-0.39, 0.29) is 11.7 Å². The topological polar surface area (TPSA) is 52.3 Å². The third-order valence-corrected chi connectivity index (χ3v) is 3.87. The Morgan fingerprint density at radius 2 is 1.78 bits per heavy atom. The Hall–Kier alpha value is -2.20. The Morgan fingerprint density at radius 3 is 2.35 bits per heavy atom. The summed E-state index contributed by atoms with van der Waals surface area (Å²) in [5.41, 5.74) is 8.35. The Balaban J connectivity index is 2.42. The van der Waals surface area contributed by atoms with Crippen molar-refractivity contribution in [3.63, 3.8) is 0 Å². The molecule has 122 valence electrons. The van der Waals surface area contributed by atoms with Gasteiger partial charge in [0.05, 0.1) is 0 Å². The molecule has 0 fully saturated rings. The highest BCUT2D eigenvalue weighted by molar-refractivity contribution is 5.75. The van der Waals surface area contributed by atoms with Crippen LogP contribution in [0.5, 0.6) is 0 Å². The molecule has 0 unspecified atom stereocenters. The molecule has 0 heterocycles. The highest BCUT2D eigenvalue weighted by atomic mass is 19.1. The van der Waals surface area contributed by atoms with Gasteiger partial charge < -0.3 is 10.5 Å². The van der Waals surface area contributed by atoms with E-state index in [1.165, 1.54) is 12.1 Å². The predicted octanol–water partition coefficient (Wildman–Crippen LogP) is 3.54. The Labute approximate surface area is 136 Å². The third kappa shape index (κ3) is 4.17. The van der Waals surface area contributed by atoms with Gasteiger partial charge in [-0.1, -0.05) is 36.4 Å². The number of ether oxygens (including phenoxy) is 1. The van der Waals surface area contributed by atoms with E-state index in [0.717, 1.165) is 16.7 Å². The maximum atomic E-state index is 13.4. The summed E-state index contributed by atoms with van der Waals surface area (Å²) >= 11 is 0. The molecule has 0 aliphatic heterocycles. The normalized spacial score (nSPS) is 14.8. The van der Waals surface area contributed by atoms with Crippen LogP contribution < -0.4 is 5.73 Å². The van der Waals surface area contributed by atoms with Crippen molar-refractivity contribution >= 4 is 5.97 Å². The second-order valence-electron chi connectivity index (χ2n) is 5.82. The molecule has 4 heteroatoms. The zero-order valence-electron chi connectivity index (χ0n) is 13.6. The predicted molar refractivity (Wildman–Crippen MR) is 88.6 cm³/mol. The molecule has 3 atom stereocenters. The lowest BCUT2D eigenvalue weighted by Crippen LogP contribution is -2.34. The molecule has 2 aromatic carbocycles. The number of halogens is 1. The van der Waals surface area contributed by atoms with Crippen LogP contribution in [0.2, 0.25) is 0 Å². The van der Waals surface area contributed by atoms with Crippen molar-refractivity contribution in [1.29, 1.82) is 0 Å². The van der Waals surface area contributed by atoms with E-state index in [4.69, 9.17) is 10.5 Å². The van der Waals surface area contributed by atoms with Gasteiger partial charge >= 0.3 is 5.97 Å². The van der Waals surface area contributed by atoms with E-state index in [1.54, 1.807) is 13.0 Å². The minimum atomic E-state index is -0.678. The zero-order chi connectivity index (χ0) is 17.0. The van der Waals surface area contributed by atoms with Gasteiger partial charge in [-0.2, -0.15) is 0 Å². The number of carbonyl (C=O) groups is 1. The quantitative estimate of drug-likeness (QED) is 0.859. The lowest BCUT2D eigenvalue weighted by molar-refractivity contribution is -0.149. The summed E-state index contributed by atoms with van der Waals surface area (Å²) in [6, 6.07) is 13.7. The van der Waals surface area contributed by atoms with Gasteiger partial charge in [-0.15, -0.1) is 0 Å². The van der Waals surface area contributed by atoms with Crippen molar-refractivity contribution in [2.45, 2.75) is 38.8 Å². The van der Waals surface area contributed by atoms with Gasteiger partial charge in [0.15, 0.2) is 0 Å². The SMILES string of the molecule is Cc1cc(F)ccc1[C@@H](c1ccccc1)[C@H](C)OC(=O)[C@H](C)N. The average molecular weight is 315 g/mol. The van der Waals surface area contributed by atoms with E-state index >= 15 is 0 Å². The van der Waals surface area contributed by atoms with Gasteiger partial charge in [0.1, 0.15) is 18.0 Å². The number of aryl methyl sites for hydroxylation is 1. The zero-order valence-corrected chi connectivity index (χ0v) is 13.6. The second-order valence-corrected chi connectivity index (χ2v) is 5.82. The molecule has 2 rings (SSSR count). The van der Waals surface area contributed by atoms with Crippen LogP contribution in [0.4, 0.5) is 4.39 Å². The molecule has 0 spiro atoms. The monoisotopic (exact) mass is 315 g/mol. The molecule has 0 amide bonds. The van der Waals surface area contributed by atoms with Gasteiger partial charge in [-0.25, -0.2) is 4.39 Å². The van der Waals surface area contributed by atoms with Gasteiger partial charge in [-0.05, 0) is 49.6 Å². The molecule has 3 nitrogen and oxygen atoms in total. The first kappa shape index (κ1) is 17.2. The highest BCUT2D eigenvalue weighted by Gasteiger charge is 2.27. The number of esters is 1. The van der Waals surface area contributed by atoms with E-state index in [2.05, 4.69) is 0 Å². The smallest absolute Gasteiger partial charge is 0.322 e. The summed E-state index contributed by atoms with van der Waals surface area (Å²) in [6.45, 7) is 5.28. The van der Waals surface area contributed by atoms with Crippen LogP contribution in [0.25, 0.3) is 0 Å². The average Bonchev–Trinajstić information content (AvgIpc) is 2.50. The first-order valence-electron chi connectivity index (χ1n) is 7.67. The molecular weight excluding hydrogens is 293 g/mol. The van der Waals surface area contributed by atoms with E-state index in [9.17, 15) is 9.18 Å². The molecule has 0 radical (unpaired) electrons. The number of carbonyl (C=O) groups excluding carboxylic acids is 1. The van der Waals surface area contributed by atoms with Crippen molar-refractivity contribution in [1.82, 2.24) is 0 Å². The minimum absolute atomic E-state index is 0.181. The van der Waals surface area contributed by atoms with Crippen molar-refractivity contribution in [3.05, 3.63) is 71.0 Å². The lowest BCUT2D eigenvalue weighted by Gasteiger charge is -2.27. The lowest BCUT2D eigenvalue weighted by atomic mass is 9.85. The molecular formula is C19H22FNO2. The summed E-state index contributed by atoms with van der Waals surface area (Å²) < 4.78 is 18.9. The molecule has 2 N–H and O–H groups in total. The second kappa shape index (κ2) is 7.38. The van der Waals surface area contributed by atoms with Crippen LogP contribution in [0.3, 0.4) is 0 Å². The van der Waals surface area contributed by atoms with Crippen molar-refractivity contribution in [2.75, 3.05) is 0 Å². The van der Waals surface area contributed by atoms with Crippen LogP contribution in [0.1, 0.15) is 36.5 Å². The fourth-order valence-corrected chi connectivity index (χ4v) is 2.71. The van der Waals surface area contributed by atoms with Gasteiger partial charge in [-0.3, -0.25) is 4.79 Å². The molecule has 0 aromatic heterocycles. The summed E-state index contributed by atoms with van der Waals surface area (Å²) in [4.78, 5) is 11.9. The first-order chi connectivity index (χ1) is 10.9. The fourth-order valence-electron chi connectivity index (χ4n) is 2.71. The van der Waals surface area contributed by atoms with E-state index in [0.29, 0.717) is 0 Å². The number of hydrogen-bond donors (Lipinski definition) is 1. The van der Waals surface area contributed by atoms with Crippen molar-refractivity contribution in [2.24, 2.45) is 5.73 Å². The number of benzene rings is 2. The van der Waals surface area contributed by atoms with Crippen molar-refractivity contribution in [3.8, 4) is 0 Å². The van der Waals surface area contributed by atoms with Crippen LogP contribution in [-0.2, 0) is 9.53 Å². The molecule has 0 aliphatic rings. The van der Waals surface area contributed by atoms with Gasteiger partial charge in [0, 0.05) is 5.92 Å². The maximum absolute atomic E-state index is 13.4. The summed E-state index contributed by atoms with van der Waals surface area (Å²) in [5.74, 6) is -0.906. The summed E-state index contributed by atoms with van der Waals surface area (Å²) in [6.07, 6.45) is -0.417. The Bertz CT molecular complexity index is 670. The molecule has 23 heavy (non-hydrogen) atoms. The van der Waals surface area contributed by atoms with E-state index < -0.39 is 18.1 Å². The largest absolute Gasteiger partial charge is 0.461 e. The standard InChI is InChI=1S/C19H22FNO2/c1-12-11-16(20)9-10-17(12)18(15-7-5-4-6-8-15)14(3)23-19(22)13(2)21/h4-11,13-14,18H,21H2,1-3H3/t13-,14-,18+/m0/s1. The van der Waals surface area contributed by atoms with Crippen LogP contribution in [0, 0.1) is 12.7 Å².